The van der Waals surface area contributed by atoms with Gasteiger partial charge in [-0.2, -0.15) is 0 Å². The molecule has 0 fully saturated rings. The second kappa shape index (κ2) is 5.30. The predicted octanol–water partition coefficient (Wildman–Crippen LogP) is 2.06. The molecule has 1 aromatic carbocycles. The van der Waals surface area contributed by atoms with Crippen molar-refractivity contribution in [2.24, 2.45) is 5.92 Å². The van der Waals surface area contributed by atoms with Gasteiger partial charge in [-0.25, -0.2) is 0 Å². The highest BCUT2D eigenvalue weighted by atomic mass is 16.5. The van der Waals surface area contributed by atoms with Crippen LogP contribution in [0.1, 0.15) is 25.8 Å². The first kappa shape index (κ1) is 13.4. The topological polar surface area (TPSA) is 75.6 Å². The van der Waals surface area contributed by atoms with Crippen molar-refractivity contribution in [3.63, 3.8) is 0 Å². The minimum Gasteiger partial charge on any atom is -0.481 e. The number of carboxylic acid groups (broad SMARTS) is 1. The van der Waals surface area contributed by atoms with Gasteiger partial charge in [0.2, 0.25) is 0 Å². The van der Waals surface area contributed by atoms with Crippen LogP contribution < -0.4 is 10.1 Å². The zero-order chi connectivity index (χ0) is 14.0. The van der Waals surface area contributed by atoms with Gasteiger partial charge in [0, 0.05) is 6.42 Å². The van der Waals surface area contributed by atoms with Crippen molar-refractivity contribution < 1.29 is 19.4 Å². The number of rotatable bonds is 4. The highest BCUT2D eigenvalue weighted by molar-refractivity contribution is 5.97. The molecule has 1 aliphatic rings. The van der Waals surface area contributed by atoms with E-state index in [2.05, 4.69) is 5.32 Å². The summed E-state index contributed by atoms with van der Waals surface area (Å²) in [4.78, 5) is 22.2. The van der Waals surface area contributed by atoms with Crippen LogP contribution in [0.25, 0.3) is 0 Å². The van der Waals surface area contributed by atoms with Crippen LogP contribution in [0.15, 0.2) is 18.2 Å². The normalized spacial score (nSPS) is 19.1. The fraction of sp³-hybridized carbons (Fsp3) is 0.429. The second-order valence-corrected chi connectivity index (χ2v) is 4.99. The maximum absolute atomic E-state index is 11.5. The van der Waals surface area contributed by atoms with E-state index < -0.39 is 12.1 Å². The Bertz CT molecular complexity index is 512. The molecule has 0 saturated carbocycles. The van der Waals surface area contributed by atoms with Crippen LogP contribution in [0.2, 0.25) is 0 Å². The molecule has 0 saturated heterocycles. The molecule has 2 atom stereocenters. The molecule has 5 nitrogen and oxygen atoms in total. The van der Waals surface area contributed by atoms with Gasteiger partial charge in [-0.05, 0) is 37.0 Å². The van der Waals surface area contributed by atoms with Crippen molar-refractivity contribution in [2.75, 3.05) is 5.32 Å². The fourth-order valence-electron chi connectivity index (χ4n) is 2.16. The number of aliphatic carboxylic acids is 1. The third-order valence-electron chi connectivity index (χ3n) is 3.08. The van der Waals surface area contributed by atoms with E-state index in [4.69, 9.17) is 9.84 Å². The molecule has 102 valence electrons. The number of hydrogen-bond acceptors (Lipinski definition) is 3. The number of carbonyl (C=O) groups excluding carboxylic acids is 1. The lowest BCUT2D eigenvalue weighted by molar-refractivity contribution is -0.137. The molecule has 2 N–H and O–H groups in total. The summed E-state index contributed by atoms with van der Waals surface area (Å²) in [6.07, 6.45) is 0.311. The Morgan fingerprint density at radius 3 is 2.95 bits per heavy atom. The molecule has 0 radical (unpaired) electrons. The van der Waals surface area contributed by atoms with E-state index in [1.165, 1.54) is 0 Å². The fourth-order valence-corrected chi connectivity index (χ4v) is 2.16. The van der Waals surface area contributed by atoms with Crippen molar-refractivity contribution in [2.45, 2.75) is 32.8 Å². The van der Waals surface area contributed by atoms with Crippen molar-refractivity contribution in [1.82, 2.24) is 0 Å². The van der Waals surface area contributed by atoms with Gasteiger partial charge in [0.25, 0.3) is 5.91 Å². The molecule has 2 unspecified atom stereocenters. The number of hydrogen-bond donors (Lipinski definition) is 2. The number of carboxylic acids is 1. The smallest absolute Gasteiger partial charge is 0.303 e. The summed E-state index contributed by atoms with van der Waals surface area (Å²) in [5.74, 6) is -0.254. The van der Waals surface area contributed by atoms with Crippen molar-refractivity contribution in [3.8, 4) is 5.75 Å². The maximum atomic E-state index is 11.5. The first-order valence-electron chi connectivity index (χ1n) is 6.28. The Kier molecular flexibility index (Phi) is 3.74. The molecule has 0 aromatic heterocycles. The first-order chi connectivity index (χ1) is 8.95. The van der Waals surface area contributed by atoms with Crippen LogP contribution in [0.4, 0.5) is 5.69 Å². The summed E-state index contributed by atoms with van der Waals surface area (Å²) in [6.45, 7) is 3.59. The van der Waals surface area contributed by atoms with Crippen LogP contribution in [0, 0.1) is 5.92 Å². The molecule has 0 bridgehead atoms. The number of amides is 1. The van der Waals surface area contributed by atoms with Gasteiger partial charge in [-0.3, -0.25) is 9.59 Å². The zero-order valence-corrected chi connectivity index (χ0v) is 11.0. The molecule has 1 aromatic rings. The average Bonchev–Trinajstić information content (AvgIpc) is 2.30. The number of carbonyl (C=O) groups is 2. The molecular weight excluding hydrogens is 246 g/mol. The molecule has 1 amide bonds. The van der Waals surface area contributed by atoms with Crippen LogP contribution in [-0.4, -0.2) is 23.1 Å². The molecule has 19 heavy (non-hydrogen) atoms. The van der Waals surface area contributed by atoms with Gasteiger partial charge in [-0.15, -0.1) is 0 Å². The van der Waals surface area contributed by atoms with E-state index in [1.807, 2.05) is 25.1 Å². The average molecular weight is 263 g/mol. The highest BCUT2D eigenvalue weighted by Crippen LogP contribution is 2.31. The van der Waals surface area contributed by atoms with Gasteiger partial charge in [0.1, 0.15) is 5.75 Å². The SMILES string of the molecule is CC(CC(=O)O)Cc1ccc2c(c1)NC(=O)C(C)O2. The summed E-state index contributed by atoms with van der Waals surface area (Å²) >= 11 is 0. The maximum Gasteiger partial charge on any atom is 0.303 e. The number of ether oxygens (including phenoxy) is 1. The summed E-state index contributed by atoms with van der Waals surface area (Å²) in [7, 11) is 0. The third kappa shape index (κ3) is 3.24. The highest BCUT2D eigenvalue weighted by Gasteiger charge is 2.23. The Labute approximate surface area is 111 Å². The molecule has 1 aliphatic heterocycles. The van der Waals surface area contributed by atoms with E-state index in [1.54, 1.807) is 6.92 Å². The summed E-state index contributed by atoms with van der Waals surface area (Å²) in [6, 6.07) is 5.56. The van der Waals surface area contributed by atoms with E-state index in [0.29, 0.717) is 17.9 Å². The van der Waals surface area contributed by atoms with Crippen LogP contribution in [-0.2, 0) is 16.0 Å². The standard InChI is InChI=1S/C14H17NO4/c1-8(6-13(16)17)5-10-3-4-12-11(7-10)15-14(18)9(2)19-12/h3-4,7-9H,5-6H2,1-2H3,(H,15,18)(H,16,17). The summed E-state index contributed by atoms with van der Waals surface area (Å²) < 4.78 is 5.46. The Hall–Kier alpha value is -2.04. The van der Waals surface area contributed by atoms with Crippen LogP contribution >= 0.6 is 0 Å². The minimum absolute atomic E-state index is 0.0506. The van der Waals surface area contributed by atoms with Gasteiger partial charge in [0.15, 0.2) is 6.10 Å². The zero-order valence-electron chi connectivity index (χ0n) is 11.0. The van der Waals surface area contributed by atoms with Crippen LogP contribution in [0.3, 0.4) is 0 Å². The number of fused-ring (bicyclic) bond motifs is 1. The van der Waals surface area contributed by atoms with Crippen molar-refractivity contribution in [3.05, 3.63) is 23.8 Å². The molecule has 0 spiro atoms. The van der Waals surface area contributed by atoms with Crippen LogP contribution in [0.5, 0.6) is 5.75 Å². The number of anilines is 1. The summed E-state index contributed by atoms with van der Waals surface area (Å²) in [5, 5.41) is 11.5. The quantitative estimate of drug-likeness (QED) is 0.871. The van der Waals surface area contributed by atoms with Gasteiger partial charge in [-0.1, -0.05) is 13.0 Å². The van der Waals surface area contributed by atoms with E-state index in [-0.39, 0.29) is 18.2 Å². The molecule has 0 aliphatic carbocycles. The minimum atomic E-state index is -0.795. The van der Waals surface area contributed by atoms with Crippen molar-refractivity contribution in [1.29, 1.82) is 0 Å². The van der Waals surface area contributed by atoms with E-state index in [0.717, 1.165) is 5.56 Å². The molecular formula is C14H17NO4. The number of nitrogens with one attached hydrogen (secondary N) is 1. The summed E-state index contributed by atoms with van der Waals surface area (Å²) in [5.41, 5.74) is 1.65. The largest absolute Gasteiger partial charge is 0.481 e. The molecule has 5 heteroatoms. The first-order valence-corrected chi connectivity index (χ1v) is 6.28. The lowest BCUT2D eigenvalue weighted by atomic mass is 9.97. The molecule has 2 rings (SSSR count). The Morgan fingerprint density at radius 2 is 2.26 bits per heavy atom. The number of benzene rings is 1. The van der Waals surface area contributed by atoms with Gasteiger partial charge in [0.05, 0.1) is 5.69 Å². The monoisotopic (exact) mass is 263 g/mol. The van der Waals surface area contributed by atoms with E-state index >= 15 is 0 Å². The third-order valence-corrected chi connectivity index (χ3v) is 3.08. The lowest BCUT2D eigenvalue weighted by Crippen LogP contribution is -2.34. The second-order valence-electron chi connectivity index (χ2n) is 4.99. The van der Waals surface area contributed by atoms with Gasteiger partial charge < -0.3 is 15.2 Å². The lowest BCUT2D eigenvalue weighted by Gasteiger charge is -2.24. The van der Waals surface area contributed by atoms with E-state index in [9.17, 15) is 9.59 Å². The molecule has 1 heterocycles. The van der Waals surface area contributed by atoms with Gasteiger partial charge >= 0.3 is 5.97 Å². The van der Waals surface area contributed by atoms with Crippen molar-refractivity contribution >= 4 is 17.6 Å². The predicted molar refractivity (Wildman–Crippen MR) is 70.3 cm³/mol. The Morgan fingerprint density at radius 1 is 1.53 bits per heavy atom. The Balaban J connectivity index is 2.11.